The van der Waals surface area contributed by atoms with Gasteiger partial charge in [-0.2, -0.15) is 0 Å². The van der Waals surface area contributed by atoms with E-state index in [1.54, 1.807) is 0 Å². The smallest absolute Gasteiger partial charge is 0.342 e. The van der Waals surface area contributed by atoms with E-state index in [4.69, 9.17) is 21.8 Å². The number of aliphatic carboxylic acids is 1. The highest BCUT2D eigenvalue weighted by Crippen LogP contribution is 2.02. The van der Waals surface area contributed by atoms with Crippen molar-refractivity contribution in [1.82, 2.24) is 5.48 Å². The second-order valence-corrected chi connectivity index (χ2v) is 3.63. The van der Waals surface area contributed by atoms with Crippen molar-refractivity contribution in [2.75, 3.05) is 6.54 Å². The van der Waals surface area contributed by atoms with Crippen LogP contribution < -0.4 is 16.9 Å². The number of hydrogen-bond acceptors (Lipinski definition) is 6. The van der Waals surface area contributed by atoms with Gasteiger partial charge in [0.2, 0.25) is 11.8 Å². The fourth-order valence-electron chi connectivity index (χ4n) is 0.940. The molecule has 0 saturated carbocycles. The summed E-state index contributed by atoms with van der Waals surface area (Å²) >= 11 is 0. The van der Waals surface area contributed by atoms with Crippen molar-refractivity contribution in [1.29, 1.82) is 0 Å². The fraction of sp³-hybridized carbons (Fsp3) is 0.545. The highest BCUT2D eigenvalue weighted by atomic mass is 16.5. The molecule has 0 radical (unpaired) electrons. The molecule has 0 aliphatic rings. The van der Waals surface area contributed by atoms with Crippen LogP contribution in [0.15, 0.2) is 5.57 Å². The van der Waals surface area contributed by atoms with Crippen LogP contribution >= 0.6 is 0 Å². The number of hydrogen-bond donors (Lipinski definition) is 5. The number of amides is 2. The van der Waals surface area contributed by atoms with E-state index in [0.717, 1.165) is 6.42 Å². The van der Waals surface area contributed by atoms with E-state index in [2.05, 4.69) is 0 Å². The first kappa shape index (κ1) is 20.1. The zero-order valence-corrected chi connectivity index (χ0v) is 10.9. The van der Waals surface area contributed by atoms with E-state index >= 15 is 0 Å². The van der Waals surface area contributed by atoms with Gasteiger partial charge in [0.15, 0.2) is 0 Å². The summed E-state index contributed by atoms with van der Waals surface area (Å²) in [6.07, 6.45) is 1.53. The van der Waals surface area contributed by atoms with E-state index < -0.39 is 17.8 Å². The Hall–Kier alpha value is -2.22. The molecule has 2 amide bonds. The number of rotatable bonds is 8. The summed E-state index contributed by atoms with van der Waals surface area (Å²) in [5, 5.41) is 16.2. The Labute approximate surface area is 115 Å². The molecule has 0 aliphatic carbocycles. The minimum atomic E-state index is -1.18. The third-order valence-corrected chi connectivity index (χ3v) is 1.99. The first-order valence-electron chi connectivity index (χ1n) is 5.77. The topological polar surface area (TPSA) is 173 Å². The fourth-order valence-corrected chi connectivity index (χ4v) is 0.940. The normalized spacial score (nSPS) is 8.70. The number of carboxylic acids is 1. The second kappa shape index (κ2) is 13.2. The molecule has 0 atom stereocenters. The van der Waals surface area contributed by atoms with Crippen LogP contribution in [0.3, 0.4) is 0 Å². The maximum atomic E-state index is 10.2. The molecule has 9 heteroatoms. The van der Waals surface area contributed by atoms with Gasteiger partial charge < -0.3 is 16.6 Å². The molecule has 0 fully saturated rings. The Balaban J connectivity index is 0. The number of carbonyl (C=O) groups is 3. The van der Waals surface area contributed by atoms with Crippen LogP contribution in [0.2, 0.25) is 0 Å². The minimum Gasteiger partial charge on any atom is -0.477 e. The van der Waals surface area contributed by atoms with E-state index in [1.165, 1.54) is 11.4 Å². The third-order valence-electron chi connectivity index (χ3n) is 1.99. The molecule has 0 aromatic rings. The largest absolute Gasteiger partial charge is 0.477 e. The Bertz CT molecular complexity index is 376. The minimum absolute atomic E-state index is 0.0353. The van der Waals surface area contributed by atoms with Gasteiger partial charge in [0.25, 0.3) is 0 Å². The zero-order chi connectivity index (χ0) is 16.0. The molecule has 0 aliphatic heterocycles. The number of unbranched alkanes of at least 4 members (excludes halogenated alkanes) is 1. The predicted molar refractivity (Wildman–Crippen MR) is 68.1 cm³/mol. The number of hydroxylamine groups is 1. The van der Waals surface area contributed by atoms with Gasteiger partial charge in [0.05, 0.1) is 0 Å². The summed E-state index contributed by atoms with van der Waals surface area (Å²) in [5.41, 5.74) is 11.0. The number of carbonyl (C=O) groups excluding carboxylic acids is 3. The molecule has 0 aromatic heterocycles. The molecule has 0 spiro atoms. The number of nitrogens with two attached hydrogens (primary N) is 2. The van der Waals surface area contributed by atoms with Crippen molar-refractivity contribution in [3.05, 3.63) is 5.57 Å². The lowest BCUT2D eigenvalue weighted by molar-refractivity contribution is -0.132. The summed E-state index contributed by atoms with van der Waals surface area (Å²) in [7, 11) is 0. The van der Waals surface area contributed by atoms with Gasteiger partial charge in [-0.1, -0.05) is 0 Å². The van der Waals surface area contributed by atoms with E-state index in [0.29, 0.717) is 13.0 Å². The SMILES string of the molecule is NC(=O)CCC(=O)NO.NCCCCC(=C=O)C(=O)O. The van der Waals surface area contributed by atoms with Gasteiger partial charge >= 0.3 is 5.97 Å². The molecule has 114 valence electrons. The summed E-state index contributed by atoms with van der Waals surface area (Å²) in [6, 6.07) is 0. The summed E-state index contributed by atoms with van der Waals surface area (Å²) in [6.45, 7) is 0.520. The zero-order valence-electron chi connectivity index (χ0n) is 10.9. The molecule has 20 heavy (non-hydrogen) atoms. The highest BCUT2D eigenvalue weighted by Gasteiger charge is 2.06. The molecule has 0 heterocycles. The molecule has 9 nitrogen and oxygen atoms in total. The molecule has 0 unspecified atom stereocenters. The standard InChI is InChI=1S/C7H11NO3.C4H8N2O3/c8-4-2-1-3-6(5-9)7(10)11;5-3(7)1-2-4(8)6-9/h1-4,8H2,(H,10,11);9H,1-2H2,(H2,5,7)(H,6,8). The lowest BCUT2D eigenvalue weighted by Crippen LogP contribution is -2.21. The van der Waals surface area contributed by atoms with Crippen LogP contribution in [0.5, 0.6) is 0 Å². The quantitative estimate of drug-likeness (QED) is 0.121. The van der Waals surface area contributed by atoms with Crippen molar-refractivity contribution in [3.63, 3.8) is 0 Å². The number of nitrogens with one attached hydrogen (secondary N) is 1. The number of primary amides is 1. The van der Waals surface area contributed by atoms with Gasteiger partial charge in [-0.3, -0.25) is 14.8 Å². The van der Waals surface area contributed by atoms with Crippen LogP contribution in [0, 0.1) is 0 Å². The average Bonchev–Trinajstić information content (AvgIpc) is 2.41. The summed E-state index contributed by atoms with van der Waals surface area (Å²) < 4.78 is 0. The second-order valence-electron chi connectivity index (χ2n) is 3.63. The van der Waals surface area contributed by atoms with Crippen LogP contribution in [0.25, 0.3) is 0 Å². The van der Waals surface area contributed by atoms with E-state index in [1.807, 2.05) is 0 Å². The molecular formula is C11H19N3O6. The molecule has 0 saturated heterocycles. The maximum Gasteiger partial charge on any atom is 0.342 e. The molecule has 0 rings (SSSR count). The van der Waals surface area contributed by atoms with Crippen molar-refractivity contribution < 1.29 is 29.5 Å². The van der Waals surface area contributed by atoms with E-state index in [-0.39, 0.29) is 24.8 Å². The number of carboxylic acid groups (broad SMARTS) is 1. The predicted octanol–water partition coefficient (Wildman–Crippen LogP) is -1.28. The van der Waals surface area contributed by atoms with Gasteiger partial charge in [0.1, 0.15) is 11.5 Å². The maximum absolute atomic E-state index is 10.2. The van der Waals surface area contributed by atoms with Crippen LogP contribution in [0.4, 0.5) is 0 Å². The Morgan fingerprint density at radius 3 is 2.05 bits per heavy atom. The van der Waals surface area contributed by atoms with Gasteiger partial charge in [0, 0.05) is 12.8 Å². The van der Waals surface area contributed by atoms with Crippen molar-refractivity contribution in [2.24, 2.45) is 11.5 Å². The van der Waals surface area contributed by atoms with Gasteiger partial charge in [-0.15, -0.1) is 0 Å². The first-order valence-corrected chi connectivity index (χ1v) is 5.77. The summed E-state index contributed by atoms with van der Waals surface area (Å²) in [5.74, 6) is -0.956. The monoisotopic (exact) mass is 289 g/mol. The average molecular weight is 289 g/mol. The summed E-state index contributed by atoms with van der Waals surface area (Å²) in [4.78, 5) is 40.3. The first-order chi connectivity index (χ1) is 9.38. The molecule has 7 N–H and O–H groups in total. The molecule has 0 bridgehead atoms. The van der Waals surface area contributed by atoms with Gasteiger partial charge in [-0.25, -0.2) is 15.1 Å². The third kappa shape index (κ3) is 13.8. The van der Waals surface area contributed by atoms with Crippen LogP contribution in [-0.2, 0) is 19.2 Å². The molecular weight excluding hydrogens is 270 g/mol. The van der Waals surface area contributed by atoms with Crippen LogP contribution in [0.1, 0.15) is 32.1 Å². The Kier molecular flexibility index (Phi) is 13.3. The Morgan fingerprint density at radius 1 is 1.10 bits per heavy atom. The van der Waals surface area contributed by atoms with Crippen molar-refractivity contribution in [2.45, 2.75) is 32.1 Å². The van der Waals surface area contributed by atoms with E-state index in [9.17, 15) is 19.2 Å². The van der Waals surface area contributed by atoms with Crippen molar-refractivity contribution in [3.8, 4) is 0 Å². The van der Waals surface area contributed by atoms with Crippen LogP contribution in [-0.4, -0.2) is 40.6 Å². The Morgan fingerprint density at radius 2 is 1.70 bits per heavy atom. The lowest BCUT2D eigenvalue weighted by atomic mass is 10.1. The molecule has 0 aromatic carbocycles. The van der Waals surface area contributed by atoms with Gasteiger partial charge in [-0.05, 0) is 25.8 Å². The van der Waals surface area contributed by atoms with Crippen molar-refractivity contribution >= 4 is 23.7 Å². The highest BCUT2D eigenvalue weighted by molar-refractivity contribution is 5.95. The lowest BCUT2D eigenvalue weighted by Gasteiger charge is -1.95.